The lowest BCUT2D eigenvalue weighted by atomic mass is 10.4. The molecule has 0 aromatic heterocycles. The summed E-state index contributed by atoms with van der Waals surface area (Å²) >= 11 is 0. The van der Waals surface area contributed by atoms with Crippen molar-refractivity contribution in [3.05, 3.63) is 30.3 Å². The number of guanidine groups is 1. The van der Waals surface area contributed by atoms with Gasteiger partial charge in [-0.25, -0.2) is 8.42 Å². The van der Waals surface area contributed by atoms with E-state index in [0.717, 1.165) is 32.7 Å². The van der Waals surface area contributed by atoms with Crippen LogP contribution in [0.5, 0.6) is 0 Å². The summed E-state index contributed by atoms with van der Waals surface area (Å²) in [4.78, 5) is 4.79. The average molecular weight is 483 g/mol. The van der Waals surface area contributed by atoms with Gasteiger partial charge in [-0.15, -0.1) is 24.0 Å². The standard InChI is InChI=1S/C17H29N3O3S.HI/c1-3-18-17(19-12-8-14-23-4-2)20-13-9-15-24(21,22)16-10-6-5-7-11-16;/h5-7,10-11H,3-4,8-9,12-15H2,1-2H3,(H2,18,19,20);1H. The molecule has 0 aliphatic rings. The fourth-order valence-electron chi connectivity index (χ4n) is 2.06. The number of hydrogen-bond donors (Lipinski definition) is 2. The molecule has 0 saturated heterocycles. The third-order valence-corrected chi connectivity index (χ3v) is 5.07. The van der Waals surface area contributed by atoms with E-state index in [-0.39, 0.29) is 29.7 Å². The molecule has 0 saturated carbocycles. The van der Waals surface area contributed by atoms with Gasteiger partial charge >= 0.3 is 0 Å². The van der Waals surface area contributed by atoms with Crippen LogP contribution in [-0.4, -0.2) is 53.0 Å². The monoisotopic (exact) mass is 483 g/mol. The highest BCUT2D eigenvalue weighted by atomic mass is 127. The number of benzene rings is 1. The predicted octanol–water partition coefficient (Wildman–Crippen LogP) is 2.45. The second kappa shape index (κ2) is 14.3. The molecule has 8 heteroatoms. The number of ether oxygens (including phenoxy) is 1. The molecule has 0 fully saturated rings. The second-order valence-electron chi connectivity index (χ2n) is 5.22. The highest BCUT2D eigenvalue weighted by Crippen LogP contribution is 2.10. The number of sulfone groups is 1. The Kier molecular flexibility index (Phi) is 13.8. The lowest BCUT2D eigenvalue weighted by molar-refractivity contribution is 0.145. The zero-order valence-corrected chi connectivity index (χ0v) is 18.2. The fourth-order valence-corrected chi connectivity index (χ4v) is 3.37. The zero-order valence-electron chi connectivity index (χ0n) is 15.0. The Bertz CT molecular complexity index is 580. The van der Waals surface area contributed by atoms with Gasteiger partial charge in [0.25, 0.3) is 0 Å². The van der Waals surface area contributed by atoms with Crippen molar-refractivity contribution in [3.63, 3.8) is 0 Å². The Morgan fingerprint density at radius 3 is 2.48 bits per heavy atom. The quantitative estimate of drug-likeness (QED) is 0.219. The van der Waals surface area contributed by atoms with Gasteiger partial charge in [-0.2, -0.15) is 0 Å². The Hall–Kier alpha value is -0.870. The van der Waals surface area contributed by atoms with Crippen LogP contribution in [0.15, 0.2) is 40.2 Å². The van der Waals surface area contributed by atoms with Crippen molar-refractivity contribution in [2.75, 3.05) is 38.6 Å². The normalized spacial score (nSPS) is 11.7. The molecule has 0 unspecified atom stereocenters. The van der Waals surface area contributed by atoms with Gasteiger partial charge < -0.3 is 15.4 Å². The first-order valence-electron chi connectivity index (χ1n) is 8.48. The topological polar surface area (TPSA) is 79.8 Å². The van der Waals surface area contributed by atoms with E-state index in [2.05, 4.69) is 15.6 Å². The molecule has 0 aliphatic carbocycles. The lowest BCUT2D eigenvalue weighted by Gasteiger charge is -2.11. The maximum absolute atomic E-state index is 12.2. The summed E-state index contributed by atoms with van der Waals surface area (Å²) < 4.78 is 29.6. The van der Waals surface area contributed by atoms with E-state index in [0.29, 0.717) is 23.8 Å². The number of nitrogens with one attached hydrogen (secondary N) is 2. The molecule has 25 heavy (non-hydrogen) atoms. The molecule has 0 bridgehead atoms. The fraction of sp³-hybridized carbons (Fsp3) is 0.588. The van der Waals surface area contributed by atoms with Gasteiger partial charge in [0.05, 0.1) is 10.6 Å². The molecule has 0 spiro atoms. The molecule has 0 atom stereocenters. The van der Waals surface area contributed by atoms with Gasteiger partial charge in [0.2, 0.25) is 0 Å². The highest BCUT2D eigenvalue weighted by Gasteiger charge is 2.12. The summed E-state index contributed by atoms with van der Waals surface area (Å²) in [5, 5.41) is 6.37. The first-order chi connectivity index (χ1) is 11.6. The van der Waals surface area contributed by atoms with Crippen molar-refractivity contribution in [1.82, 2.24) is 10.6 Å². The molecule has 0 heterocycles. The first kappa shape index (κ1) is 24.1. The maximum Gasteiger partial charge on any atom is 0.191 e. The maximum atomic E-state index is 12.2. The zero-order chi connectivity index (χ0) is 17.7. The second-order valence-corrected chi connectivity index (χ2v) is 7.33. The Balaban J connectivity index is 0.00000576. The van der Waals surface area contributed by atoms with Crippen LogP contribution in [0.3, 0.4) is 0 Å². The van der Waals surface area contributed by atoms with Crippen LogP contribution in [0.2, 0.25) is 0 Å². The van der Waals surface area contributed by atoms with Crippen molar-refractivity contribution >= 4 is 39.8 Å². The molecular formula is C17H30IN3O3S. The van der Waals surface area contributed by atoms with Crippen molar-refractivity contribution in [3.8, 4) is 0 Å². The van der Waals surface area contributed by atoms with E-state index >= 15 is 0 Å². The highest BCUT2D eigenvalue weighted by molar-refractivity contribution is 14.0. The Labute approximate surface area is 168 Å². The molecule has 2 N–H and O–H groups in total. The molecule has 1 aromatic carbocycles. The van der Waals surface area contributed by atoms with Crippen molar-refractivity contribution < 1.29 is 13.2 Å². The minimum atomic E-state index is -3.22. The molecule has 0 radical (unpaired) electrons. The van der Waals surface area contributed by atoms with E-state index in [1.807, 2.05) is 19.9 Å². The van der Waals surface area contributed by atoms with Crippen molar-refractivity contribution in [2.45, 2.75) is 31.6 Å². The van der Waals surface area contributed by atoms with Crippen LogP contribution in [0.1, 0.15) is 26.7 Å². The molecule has 1 aromatic rings. The molecule has 144 valence electrons. The number of halogens is 1. The number of rotatable bonds is 11. The summed E-state index contributed by atoms with van der Waals surface area (Å²) in [7, 11) is -3.22. The minimum absolute atomic E-state index is 0. The minimum Gasteiger partial charge on any atom is -0.382 e. The van der Waals surface area contributed by atoms with Gasteiger partial charge in [0.1, 0.15) is 0 Å². The van der Waals surface area contributed by atoms with Gasteiger partial charge in [-0.3, -0.25) is 4.99 Å². The third kappa shape index (κ3) is 10.7. The average Bonchev–Trinajstić information content (AvgIpc) is 2.59. The largest absolute Gasteiger partial charge is 0.382 e. The SMILES string of the molecule is CCNC(=NCCCS(=O)(=O)c1ccccc1)NCCCOCC.I. The van der Waals surface area contributed by atoms with E-state index in [1.54, 1.807) is 24.3 Å². The Morgan fingerprint density at radius 1 is 1.12 bits per heavy atom. The number of aliphatic imine (C=N–C) groups is 1. The first-order valence-corrected chi connectivity index (χ1v) is 10.1. The Morgan fingerprint density at radius 2 is 1.84 bits per heavy atom. The predicted molar refractivity (Wildman–Crippen MR) is 114 cm³/mol. The van der Waals surface area contributed by atoms with Crippen LogP contribution < -0.4 is 10.6 Å². The van der Waals surface area contributed by atoms with Crippen LogP contribution >= 0.6 is 24.0 Å². The number of nitrogens with zero attached hydrogens (tertiary/aromatic N) is 1. The van der Waals surface area contributed by atoms with E-state index in [4.69, 9.17) is 4.74 Å². The molecular weight excluding hydrogens is 453 g/mol. The van der Waals surface area contributed by atoms with Crippen LogP contribution in [0, 0.1) is 0 Å². The van der Waals surface area contributed by atoms with Crippen molar-refractivity contribution in [1.29, 1.82) is 0 Å². The van der Waals surface area contributed by atoms with E-state index in [9.17, 15) is 8.42 Å². The third-order valence-electron chi connectivity index (χ3n) is 3.25. The summed E-state index contributed by atoms with van der Waals surface area (Å²) in [6, 6.07) is 8.54. The molecule has 0 amide bonds. The summed E-state index contributed by atoms with van der Waals surface area (Å²) in [5.74, 6) is 0.815. The summed E-state index contributed by atoms with van der Waals surface area (Å²) in [5.41, 5.74) is 0. The van der Waals surface area contributed by atoms with Gasteiger partial charge in [0.15, 0.2) is 15.8 Å². The van der Waals surface area contributed by atoms with E-state index < -0.39 is 9.84 Å². The molecule has 0 aliphatic heterocycles. The van der Waals surface area contributed by atoms with Crippen LogP contribution in [0.25, 0.3) is 0 Å². The lowest BCUT2D eigenvalue weighted by Crippen LogP contribution is -2.38. The number of hydrogen-bond acceptors (Lipinski definition) is 4. The van der Waals surface area contributed by atoms with Gasteiger partial charge in [-0.1, -0.05) is 18.2 Å². The molecule has 1 rings (SSSR count). The van der Waals surface area contributed by atoms with Crippen molar-refractivity contribution in [2.24, 2.45) is 4.99 Å². The van der Waals surface area contributed by atoms with Gasteiger partial charge in [0, 0.05) is 32.8 Å². The smallest absolute Gasteiger partial charge is 0.191 e. The van der Waals surface area contributed by atoms with Crippen LogP contribution in [0.4, 0.5) is 0 Å². The summed E-state index contributed by atoms with van der Waals surface area (Å²) in [6.07, 6.45) is 1.40. The summed E-state index contributed by atoms with van der Waals surface area (Å²) in [6.45, 7) is 7.42. The van der Waals surface area contributed by atoms with Gasteiger partial charge in [-0.05, 0) is 38.8 Å². The van der Waals surface area contributed by atoms with E-state index in [1.165, 1.54) is 0 Å². The molecule has 6 nitrogen and oxygen atoms in total. The van der Waals surface area contributed by atoms with Crippen LogP contribution in [-0.2, 0) is 14.6 Å².